The van der Waals surface area contributed by atoms with Crippen molar-refractivity contribution in [1.82, 2.24) is 0 Å². The first-order valence-electron chi connectivity index (χ1n) is 8.89. The zero-order chi connectivity index (χ0) is 22.6. The number of urea groups is 1. The lowest BCUT2D eigenvalue weighted by atomic mass is 10.1. The van der Waals surface area contributed by atoms with Crippen LogP contribution in [0.4, 0.5) is 29.3 Å². The number of nitrogens with one attached hydrogen (secondary N) is 2. The summed E-state index contributed by atoms with van der Waals surface area (Å²) in [7, 11) is 0. The third-order valence-electron chi connectivity index (χ3n) is 4.18. The molecule has 0 aliphatic carbocycles. The van der Waals surface area contributed by atoms with Gasteiger partial charge in [0.1, 0.15) is 11.5 Å². The van der Waals surface area contributed by atoms with Gasteiger partial charge in [-0.05, 0) is 61.0 Å². The zero-order valence-corrected chi connectivity index (χ0v) is 16.8. The highest BCUT2D eigenvalue weighted by Gasteiger charge is 2.30. The van der Waals surface area contributed by atoms with E-state index in [9.17, 15) is 18.0 Å². The van der Waals surface area contributed by atoms with E-state index in [0.29, 0.717) is 17.0 Å². The van der Waals surface area contributed by atoms with Crippen molar-refractivity contribution >= 4 is 29.0 Å². The molecule has 0 aromatic heterocycles. The lowest BCUT2D eigenvalue weighted by molar-refractivity contribution is -0.137. The smallest absolute Gasteiger partial charge is 0.416 e. The Morgan fingerprint density at radius 1 is 1.03 bits per heavy atom. The van der Waals surface area contributed by atoms with E-state index in [1.54, 1.807) is 25.1 Å². The van der Waals surface area contributed by atoms with Gasteiger partial charge in [0.15, 0.2) is 0 Å². The molecule has 0 spiro atoms. The highest BCUT2D eigenvalue weighted by atomic mass is 35.5. The van der Waals surface area contributed by atoms with Crippen LogP contribution in [0.5, 0.6) is 11.5 Å². The molecule has 2 amide bonds. The first-order valence-corrected chi connectivity index (χ1v) is 9.27. The van der Waals surface area contributed by atoms with Crippen molar-refractivity contribution in [3.63, 3.8) is 0 Å². The maximum Gasteiger partial charge on any atom is 0.416 e. The second-order valence-corrected chi connectivity index (χ2v) is 6.90. The summed E-state index contributed by atoms with van der Waals surface area (Å²) < 4.78 is 44.2. The van der Waals surface area contributed by atoms with Gasteiger partial charge in [-0.25, -0.2) is 4.79 Å². The number of anilines is 2. The number of hydrogen-bond donors (Lipinski definition) is 2. The minimum atomic E-state index is -4.51. The van der Waals surface area contributed by atoms with Crippen molar-refractivity contribution in [2.24, 2.45) is 0 Å². The van der Waals surface area contributed by atoms with E-state index < -0.39 is 17.8 Å². The van der Waals surface area contributed by atoms with Crippen molar-refractivity contribution < 1.29 is 22.7 Å². The number of rotatable bonds is 4. The van der Waals surface area contributed by atoms with Crippen LogP contribution < -0.4 is 15.4 Å². The number of carbonyl (C=O) groups excluding carboxylic acids is 1. The van der Waals surface area contributed by atoms with Gasteiger partial charge < -0.3 is 15.4 Å². The van der Waals surface area contributed by atoms with Gasteiger partial charge in [-0.2, -0.15) is 18.4 Å². The second kappa shape index (κ2) is 8.98. The summed E-state index contributed by atoms with van der Waals surface area (Å²) in [5, 5.41) is 14.2. The van der Waals surface area contributed by atoms with E-state index in [2.05, 4.69) is 16.7 Å². The van der Waals surface area contributed by atoms with Crippen LogP contribution in [0.2, 0.25) is 5.02 Å². The summed E-state index contributed by atoms with van der Waals surface area (Å²) in [6.07, 6.45) is -4.51. The Kier molecular flexibility index (Phi) is 6.37. The SMILES string of the molecule is Cc1cc(Oc2cc(NC(=O)Nc3cccc(C(F)(F)F)c3)ccc2Cl)ccc1C#N. The zero-order valence-electron chi connectivity index (χ0n) is 16.0. The number of halogens is 4. The van der Waals surface area contributed by atoms with Gasteiger partial charge in [-0.1, -0.05) is 17.7 Å². The normalized spacial score (nSPS) is 10.8. The Morgan fingerprint density at radius 2 is 1.74 bits per heavy atom. The molecule has 3 aromatic rings. The van der Waals surface area contributed by atoms with Crippen molar-refractivity contribution in [3.8, 4) is 17.6 Å². The van der Waals surface area contributed by atoms with Crippen LogP contribution in [-0.2, 0) is 6.18 Å². The molecule has 9 heteroatoms. The lowest BCUT2D eigenvalue weighted by Crippen LogP contribution is -2.19. The molecule has 2 N–H and O–H groups in total. The Hall–Kier alpha value is -3.70. The number of aryl methyl sites for hydroxylation is 1. The number of benzene rings is 3. The molecule has 0 saturated carbocycles. The average molecular weight is 446 g/mol. The predicted molar refractivity (Wildman–Crippen MR) is 112 cm³/mol. The minimum Gasteiger partial charge on any atom is -0.456 e. The van der Waals surface area contributed by atoms with E-state index in [-0.39, 0.29) is 16.5 Å². The van der Waals surface area contributed by atoms with Gasteiger partial charge in [-0.3, -0.25) is 0 Å². The van der Waals surface area contributed by atoms with Crippen LogP contribution in [0.25, 0.3) is 0 Å². The molecule has 0 aliphatic heterocycles. The fourth-order valence-corrected chi connectivity index (χ4v) is 2.83. The molecular weight excluding hydrogens is 431 g/mol. The summed E-state index contributed by atoms with van der Waals surface area (Å²) in [5.41, 5.74) is 0.677. The van der Waals surface area contributed by atoms with Crippen LogP contribution >= 0.6 is 11.6 Å². The van der Waals surface area contributed by atoms with Crippen LogP contribution in [0.15, 0.2) is 60.7 Å². The summed E-state index contributed by atoms with van der Waals surface area (Å²) >= 11 is 6.16. The van der Waals surface area contributed by atoms with Crippen LogP contribution in [0.3, 0.4) is 0 Å². The Morgan fingerprint density at radius 3 is 2.39 bits per heavy atom. The van der Waals surface area contributed by atoms with Crippen LogP contribution in [0, 0.1) is 18.3 Å². The number of ether oxygens (including phenoxy) is 1. The average Bonchev–Trinajstić information content (AvgIpc) is 2.70. The molecule has 3 aromatic carbocycles. The van der Waals surface area contributed by atoms with Crippen LogP contribution in [-0.4, -0.2) is 6.03 Å². The molecule has 3 rings (SSSR count). The Balaban J connectivity index is 1.72. The van der Waals surface area contributed by atoms with E-state index in [0.717, 1.165) is 17.7 Å². The third kappa shape index (κ3) is 5.68. The third-order valence-corrected chi connectivity index (χ3v) is 4.50. The first-order chi connectivity index (χ1) is 14.7. The monoisotopic (exact) mass is 445 g/mol. The number of nitriles is 1. The Bertz CT molecular complexity index is 1170. The van der Waals surface area contributed by atoms with Crippen molar-refractivity contribution in [3.05, 3.63) is 82.4 Å². The van der Waals surface area contributed by atoms with E-state index in [4.69, 9.17) is 21.6 Å². The minimum absolute atomic E-state index is 0.00850. The maximum absolute atomic E-state index is 12.8. The first kappa shape index (κ1) is 22.0. The molecule has 0 aliphatic rings. The highest BCUT2D eigenvalue weighted by molar-refractivity contribution is 6.32. The molecule has 5 nitrogen and oxygen atoms in total. The van der Waals surface area contributed by atoms with Gasteiger partial charge in [0.25, 0.3) is 0 Å². The number of carbonyl (C=O) groups is 1. The molecule has 0 atom stereocenters. The fraction of sp³-hybridized carbons (Fsp3) is 0.0909. The molecule has 0 radical (unpaired) electrons. The van der Waals surface area contributed by atoms with Gasteiger partial charge in [0.2, 0.25) is 0 Å². The Labute approximate surface area is 181 Å². The summed E-state index contributed by atoms with van der Waals surface area (Å²) in [6.45, 7) is 1.77. The summed E-state index contributed by atoms with van der Waals surface area (Å²) in [4.78, 5) is 12.2. The molecule has 0 fully saturated rings. The summed E-state index contributed by atoms with van der Waals surface area (Å²) in [5.74, 6) is 0.701. The quantitative estimate of drug-likeness (QED) is 0.455. The fourth-order valence-electron chi connectivity index (χ4n) is 2.68. The summed E-state index contributed by atoms with van der Waals surface area (Å²) in [6, 6.07) is 15.0. The maximum atomic E-state index is 12.8. The highest BCUT2D eigenvalue weighted by Crippen LogP contribution is 2.33. The number of amides is 2. The van der Waals surface area contributed by atoms with Gasteiger partial charge in [0.05, 0.1) is 22.2 Å². The van der Waals surface area contributed by atoms with Crippen molar-refractivity contribution in [2.75, 3.05) is 10.6 Å². The van der Waals surface area contributed by atoms with Crippen molar-refractivity contribution in [2.45, 2.75) is 13.1 Å². The molecule has 158 valence electrons. The molecule has 0 saturated heterocycles. The van der Waals surface area contributed by atoms with E-state index in [1.807, 2.05) is 0 Å². The van der Waals surface area contributed by atoms with Gasteiger partial charge in [-0.15, -0.1) is 0 Å². The van der Waals surface area contributed by atoms with Gasteiger partial charge >= 0.3 is 12.2 Å². The van der Waals surface area contributed by atoms with E-state index in [1.165, 1.54) is 30.3 Å². The molecule has 0 heterocycles. The number of hydrogen-bond acceptors (Lipinski definition) is 3. The van der Waals surface area contributed by atoms with E-state index >= 15 is 0 Å². The van der Waals surface area contributed by atoms with Gasteiger partial charge in [0, 0.05) is 17.4 Å². The topological polar surface area (TPSA) is 74.2 Å². The lowest BCUT2D eigenvalue weighted by Gasteiger charge is -2.13. The number of alkyl halides is 3. The predicted octanol–water partition coefficient (Wildman–Crippen LogP) is 6.98. The van der Waals surface area contributed by atoms with Crippen LogP contribution in [0.1, 0.15) is 16.7 Å². The molecular formula is C22H15ClF3N3O2. The molecule has 0 unspecified atom stereocenters. The van der Waals surface area contributed by atoms with Crippen molar-refractivity contribution in [1.29, 1.82) is 5.26 Å². The molecule has 0 bridgehead atoms. The standard InChI is InChI=1S/C22H15ClF3N3O2/c1-13-9-18(7-5-14(13)12-27)31-20-11-17(6-8-19(20)23)29-21(30)28-16-4-2-3-15(10-16)22(24,25)26/h2-11H,1H3,(H2,28,29,30). The second-order valence-electron chi connectivity index (χ2n) is 6.49. The molecule has 31 heavy (non-hydrogen) atoms. The largest absolute Gasteiger partial charge is 0.456 e. The number of nitrogens with zero attached hydrogens (tertiary/aromatic N) is 1.